The molecule has 2 bridgehead atoms. The minimum Gasteiger partial charge on any atom is -0.363 e. The van der Waals surface area contributed by atoms with E-state index in [2.05, 4.69) is 42.1 Å². The number of nitrogens with one attached hydrogen (secondary N) is 2. The van der Waals surface area contributed by atoms with Crippen molar-refractivity contribution in [2.24, 2.45) is 0 Å². The molecule has 1 aromatic carbocycles. The molecule has 31 heavy (non-hydrogen) atoms. The van der Waals surface area contributed by atoms with E-state index in [1.54, 1.807) is 12.4 Å². The van der Waals surface area contributed by atoms with Gasteiger partial charge in [0.15, 0.2) is 0 Å². The van der Waals surface area contributed by atoms with Crippen LogP contribution < -0.4 is 10.2 Å². The zero-order chi connectivity index (χ0) is 20.9. The summed E-state index contributed by atoms with van der Waals surface area (Å²) in [6, 6.07) is 12.0. The highest BCUT2D eigenvalue weighted by atomic mass is 19.1. The molecule has 2 N–H and O–H groups in total. The largest absolute Gasteiger partial charge is 0.363 e. The summed E-state index contributed by atoms with van der Waals surface area (Å²) < 4.78 is 14.9. The van der Waals surface area contributed by atoms with Gasteiger partial charge >= 0.3 is 0 Å². The number of nitrogens with zero attached hydrogens (tertiary/aromatic N) is 5. The number of hydrogen-bond acceptors (Lipinski definition) is 6. The molecule has 4 aromatic rings. The number of halogens is 1. The molecule has 8 heteroatoms. The summed E-state index contributed by atoms with van der Waals surface area (Å²) >= 11 is 0. The predicted octanol–water partition coefficient (Wildman–Crippen LogP) is 3.80. The van der Waals surface area contributed by atoms with Gasteiger partial charge in [0, 0.05) is 60.4 Å². The van der Waals surface area contributed by atoms with E-state index in [0.717, 1.165) is 41.8 Å². The second kappa shape index (κ2) is 7.02. The first-order chi connectivity index (χ1) is 15.1. The number of fused-ring (bicyclic) bond motifs is 3. The smallest absolute Gasteiger partial charge is 0.227 e. The van der Waals surface area contributed by atoms with E-state index >= 15 is 0 Å². The second-order valence-electron chi connectivity index (χ2n) is 8.33. The molecule has 7 nitrogen and oxygen atoms in total. The van der Waals surface area contributed by atoms with Crippen molar-refractivity contribution in [1.82, 2.24) is 24.8 Å². The molecule has 0 saturated carbocycles. The van der Waals surface area contributed by atoms with Gasteiger partial charge < -0.3 is 15.2 Å². The van der Waals surface area contributed by atoms with Gasteiger partial charge in [0.05, 0.1) is 11.4 Å². The maximum atomic E-state index is 14.9. The lowest BCUT2D eigenvalue weighted by Crippen LogP contribution is -2.44. The van der Waals surface area contributed by atoms with E-state index in [4.69, 9.17) is 0 Å². The van der Waals surface area contributed by atoms with Crippen LogP contribution in [0.1, 0.15) is 6.42 Å². The Kier molecular flexibility index (Phi) is 4.14. The van der Waals surface area contributed by atoms with Crippen LogP contribution in [-0.2, 0) is 0 Å². The summed E-state index contributed by atoms with van der Waals surface area (Å²) in [5.74, 6) is 0.194. The average Bonchev–Trinajstić information content (AvgIpc) is 3.49. The molecular weight excluding hydrogens is 393 g/mol. The third-order valence-corrected chi connectivity index (χ3v) is 6.38. The third kappa shape index (κ3) is 3.19. The molecule has 0 radical (unpaired) electrons. The molecule has 156 valence electrons. The van der Waals surface area contributed by atoms with Gasteiger partial charge in [-0.3, -0.25) is 4.90 Å². The van der Waals surface area contributed by atoms with E-state index in [9.17, 15) is 4.39 Å². The van der Waals surface area contributed by atoms with Gasteiger partial charge in [-0.2, -0.15) is 0 Å². The van der Waals surface area contributed by atoms with Crippen molar-refractivity contribution in [2.45, 2.75) is 18.5 Å². The zero-order valence-electron chi connectivity index (χ0n) is 17.1. The number of likely N-dealkylation sites (tertiary alicyclic amines) is 1. The summed E-state index contributed by atoms with van der Waals surface area (Å²) in [6.45, 7) is 1.88. The number of likely N-dealkylation sites (N-methyl/N-ethyl adjacent to an activating group) is 1. The van der Waals surface area contributed by atoms with Crippen molar-refractivity contribution < 1.29 is 4.39 Å². The maximum absolute atomic E-state index is 14.9. The summed E-state index contributed by atoms with van der Waals surface area (Å²) in [7, 11) is 2.14. The number of hydrogen-bond donors (Lipinski definition) is 2. The van der Waals surface area contributed by atoms with Crippen LogP contribution in [0.2, 0.25) is 0 Å². The second-order valence-corrected chi connectivity index (χ2v) is 8.33. The Bertz CT molecular complexity index is 1270. The lowest BCUT2D eigenvalue weighted by Gasteiger charge is -2.33. The van der Waals surface area contributed by atoms with Crippen LogP contribution in [0.3, 0.4) is 0 Å². The zero-order valence-corrected chi connectivity index (χ0v) is 17.1. The van der Waals surface area contributed by atoms with E-state index < -0.39 is 0 Å². The molecule has 6 rings (SSSR count). The Morgan fingerprint density at radius 3 is 2.84 bits per heavy atom. The summed E-state index contributed by atoms with van der Waals surface area (Å²) in [4.78, 5) is 20.9. The van der Waals surface area contributed by atoms with E-state index in [-0.39, 0.29) is 5.82 Å². The van der Waals surface area contributed by atoms with Gasteiger partial charge in [-0.05, 0) is 49.9 Å². The SMILES string of the molecule is CN1CC2CC1CN2c1ccc(Nc2nccc(-c3cnc4[nH]ccc4c3)n2)cc1F. The summed E-state index contributed by atoms with van der Waals surface area (Å²) in [5, 5.41) is 4.15. The highest BCUT2D eigenvalue weighted by Gasteiger charge is 2.42. The van der Waals surface area contributed by atoms with Crippen LogP contribution in [0, 0.1) is 5.82 Å². The van der Waals surface area contributed by atoms with Crippen LogP contribution in [0.4, 0.5) is 21.7 Å². The molecule has 3 aromatic heterocycles. The molecule has 0 amide bonds. The van der Waals surface area contributed by atoms with Crippen LogP contribution in [0.25, 0.3) is 22.3 Å². The molecular formula is C23H22FN7. The van der Waals surface area contributed by atoms with Gasteiger partial charge in [0.1, 0.15) is 11.5 Å². The number of H-pyrrole nitrogens is 1. The number of anilines is 3. The fourth-order valence-corrected chi connectivity index (χ4v) is 4.77. The number of aromatic nitrogens is 4. The maximum Gasteiger partial charge on any atom is 0.227 e. The number of benzene rings is 1. The van der Waals surface area contributed by atoms with Crippen LogP contribution in [0.5, 0.6) is 0 Å². The molecule has 0 spiro atoms. The monoisotopic (exact) mass is 415 g/mol. The van der Waals surface area contributed by atoms with Crippen molar-refractivity contribution in [3.05, 3.63) is 60.8 Å². The van der Waals surface area contributed by atoms with Gasteiger partial charge in [-0.25, -0.2) is 19.3 Å². The fraction of sp³-hybridized carbons (Fsp3) is 0.261. The minimum absolute atomic E-state index is 0.224. The summed E-state index contributed by atoms with van der Waals surface area (Å²) in [5.41, 5.74) is 3.78. The molecule has 2 aliphatic rings. The fourth-order valence-electron chi connectivity index (χ4n) is 4.77. The Labute approximate surface area is 179 Å². The molecule has 2 saturated heterocycles. The number of aromatic amines is 1. The van der Waals surface area contributed by atoms with Gasteiger partial charge in [-0.15, -0.1) is 0 Å². The first-order valence-corrected chi connectivity index (χ1v) is 10.4. The minimum atomic E-state index is -0.224. The highest BCUT2D eigenvalue weighted by molar-refractivity contribution is 5.80. The normalized spacial score (nSPS) is 20.6. The Morgan fingerprint density at radius 2 is 2.03 bits per heavy atom. The van der Waals surface area contributed by atoms with E-state index in [1.807, 2.05) is 36.5 Å². The topological polar surface area (TPSA) is 73.0 Å². The Balaban J connectivity index is 1.23. The Hall–Kier alpha value is -3.52. The van der Waals surface area contributed by atoms with Crippen molar-refractivity contribution in [3.8, 4) is 11.3 Å². The van der Waals surface area contributed by atoms with Gasteiger partial charge in [-0.1, -0.05) is 0 Å². The predicted molar refractivity (Wildman–Crippen MR) is 119 cm³/mol. The first kappa shape index (κ1) is 18.3. The standard InChI is InChI=1S/C23H22FN7/c1-30-12-18-10-17(30)13-31(18)21-3-2-16(9-19(21)24)28-23-26-7-5-20(29-23)15-8-14-4-6-25-22(14)27-11-15/h2-9,11,17-18H,10,12-13H2,1H3,(H,25,27)(H,26,28,29). The van der Waals surface area contributed by atoms with E-state index in [0.29, 0.717) is 29.4 Å². The van der Waals surface area contributed by atoms with Crippen LogP contribution in [-0.4, -0.2) is 57.1 Å². The number of rotatable bonds is 4. The number of pyridine rings is 1. The van der Waals surface area contributed by atoms with Crippen LogP contribution in [0.15, 0.2) is 55.0 Å². The quantitative estimate of drug-likeness (QED) is 0.528. The van der Waals surface area contributed by atoms with Gasteiger partial charge in [0.25, 0.3) is 0 Å². The van der Waals surface area contributed by atoms with Crippen molar-refractivity contribution in [2.75, 3.05) is 30.4 Å². The first-order valence-electron chi connectivity index (χ1n) is 10.4. The average molecular weight is 415 g/mol. The van der Waals surface area contributed by atoms with E-state index in [1.165, 1.54) is 6.07 Å². The molecule has 2 fully saturated rings. The van der Waals surface area contributed by atoms with Crippen molar-refractivity contribution in [3.63, 3.8) is 0 Å². The molecule has 2 aliphatic heterocycles. The molecule has 2 atom stereocenters. The van der Waals surface area contributed by atoms with Crippen molar-refractivity contribution >= 4 is 28.4 Å². The van der Waals surface area contributed by atoms with Crippen molar-refractivity contribution in [1.29, 1.82) is 0 Å². The van der Waals surface area contributed by atoms with Crippen LogP contribution >= 0.6 is 0 Å². The van der Waals surface area contributed by atoms with Gasteiger partial charge in [0.2, 0.25) is 5.95 Å². The third-order valence-electron chi connectivity index (χ3n) is 6.38. The molecule has 2 unspecified atom stereocenters. The molecule has 5 heterocycles. The lowest BCUT2D eigenvalue weighted by atomic mass is 10.2. The molecule has 0 aliphatic carbocycles. The number of piperazine rings is 1. The lowest BCUT2D eigenvalue weighted by molar-refractivity contribution is 0.292. The summed E-state index contributed by atoms with van der Waals surface area (Å²) in [6.07, 6.45) is 6.44. The highest BCUT2D eigenvalue weighted by Crippen LogP contribution is 2.35. The Morgan fingerprint density at radius 1 is 1.10 bits per heavy atom.